The number of carbonyl (C=O) groups is 2. The predicted molar refractivity (Wildman–Crippen MR) is 66.8 cm³/mol. The van der Waals surface area contributed by atoms with E-state index in [1.54, 1.807) is 18.1 Å². The second kappa shape index (κ2) is 8.84. The van der Waals surface area contributed by atoms with Gasteiger partial charge in [-0.1, -0.05) is 29.5 Å². The number of carbonyl (C=O) groups excluding carboxylic acids is 2. The number of ether oxygens (including phenoxy) is 1. The summed E-state index contributed by atoms with van der Waals surface area (Å²) in [5, 5.41) is 2.67. The molecule has 0 aromatic heterocycles. The van der Waals surface area contributed by atoms with E-state index < -0.39 is 0 Å². The summed E-state index contributed by atoms with van der Waals surface area (Å²) >= 11 is 1.98. The number of hydrogen-bond donors (Lipinski definition) is 1. The van der Waals surface area contributed by atoms with Crippen LogP contribution in [0.25, 0.3) is 0 Å². The van der Waals surface area contributed by atoms with E-state index in [1.807, 2.05) is 22.6 Å². The summed E-state index contributed by atoms with van der Waals surface area (Å²) in [4.78, 5) is 22.6. The van der Waals surface area contributed by atoms with Crippen LogP contribution >= 0.6 is 22.6 Å². The Labute approximate surface area is 104 Å². The van der Waals surface area contributed by atoms with Crippen LogP contribution in [0, 0.1) is 5.92 Å². The minimum Gasteiger partial charge on any atom is -0.383 e. The first-order valence-corrected chi connectivity index (χ1v) is 5.92. The first kappa shape index (κ1) is 14.6. The third-order valence-electron chi connectivity index (χ3n) is 1.83. The average molecular weight is 325 g/mol. The first-order chi connectivity index (χ1) is 7.11. The molecule has 0 aliphatic heterocycles. The molecule has 86 valence electrons. The van der Waals surface area contributed by atoms with Crippen LogP contribution in [-0.4, -0.2) is 32.0 Å². The first-order valence-electron chi connectivity index (χ1n) is 4.68. The van der Waals surface area contributed by atoms with Crippen LogP contribution in [0.4, 0.5) is 0 Å². The second-order valence-corrected chi connectivity index (χ2v) is 3.86. The fraction of sp³-hybridized carbons (Fsp3) is 0.600. The fourth-order valence-corrected chi connectivity index (χ4v) is 1.32. The van der Waals surface area contributed by atoms with Crippen molar-refractivity contribution in [3.05, 3.63) is 10.2 Å². The number of amides is 1. The molecule has 0 aromatic carbocycles. The minimum atomic E-state index is -0.265. The van der Waals surface area contributed by atoms with E-state index in [1.165, 1.54) is 6.08 Å². The van der Waals surface area contributed by atoms with E-state index in [-0.39, 0.29) is 24.0 Å². The fourth-order valence-electron chi connectivity index (χ4n) is 0.970. The molecule has 1 atom stereocenters. The molecule has 15 heavy (non-hydrogen) atoms. The zero-order chi connectivity index (χ0) is 11.7. The largest absolute Gasteiger partial charge is 0.383 e. The third kappa shape index (κ3) is 7.49. The Hall–Kier alpha value is -0.430. The Morgan fingerprint density at radius 3 is 2.73 bits per heavy atom. The van der Waals surface area contributed by atoms with Crippen molar-refractivity contribution in [2.45, 2.75) is 13.3 Å². The van der Waals surface area contributed by atoms with Gasteiger partial charge in [-0.05, 0) is 10.2 Å². The van der Waals surface area contributed by atoms with E-state index in [2.05, 4.69) is 5.32 Å². The van der Waals surface area contributed by atoms with Crippen molar-refractivity contribution >= 4 is 34.3 Å². The van der Waals surface area contributed by atoms with Crippen LogP contribution in [0.2, 0.25) is 0 Å². The maximum Gasteiger partial charge on any atom is 0.220 e. The van der Waals surface area contributed by atoms with Crippen LogP contribution in [0.15, 0.2) is 10.2 Å². The maximum atomic E-state index is 11.3. The molecule has 0 rings (SSSR count). The Kier molecular flexibility index (Phi) is 8.59. The molecule has 0 heterocycles. The van der Waals surface area contributed by atoms with E-state index >= 15 is 0 Å². The van der Waals surface area contributed by atoms with Gasteiger partial charge in [-0.3, -0.25) is 9.59 Å². The highest BCUT2D eigenvalue weighted by molar-refractivity contribution is 14.1. The summed E-state index contributed by atoms with van der Waals surface area (Å²) in [6.07, 6.45) is 1.71. The number of rotatable bonds is 7. The Morgan fingerprint density at radius 2 is 2.20 bits per heavy atom. The molecule has 0 aliphatic rings. The lowest BCUT2D eigenvalue weighted by molar-refractivity contribution is -0.126. The summed E-state index contributed by atoms with van der Waals surface area (Å²) in [7, 11) is 1.57. The number of hydrogen-bond acceptors (Lipinski definition) is 3. The molecule has 0 aromatic rings. The molecule has 1 unspecified atom stereocenters. The van der Waals surface area contributed by atoms with Crippen molar-refractivity contribution in [3.8, 4) is 0 Å². The van der Waals surface area contributed by atoms with Crippen molar-refractivity contribution < 1.29 is 14.3 Å². The van der Waals surface area contributed by atoms with Gasteiger partial charge >= 0.3 is 0 Å². The minimum absolute atomic E-state index is 0.0220. The lowest BCUT2D eigenvalue weighted by Gasteiger charge is -2.08. The van der Waals surface area contributed by atoms with Crippen molar-refractivity contribution in [2.24, 2.45) is 5.92 Å². The molecule has 5 heteroatoms. The molecule has 0 saturated heterocycles. The smallest absolute Gasteiger partial charge is 0.220 e. The molecule has 1 N–H and O–H groups in total. The monoisotopic (exact) mass is 325 g/mol. The van der Waals surface area contributed by atoms with Gasteiger partial charge in [0.05, 0.1) is 6.61 Å². The van der Waals surface area contributed by atoms with Gasteiger partial charge in [0.1, 0.15) is 0 Å². The number of nitrogens with one attached hydrogen (secondary N) is 1. The summed E-state index contributed by atoms with van der Waals surface area (Å²) in [6, 6.07) is 0. The third-order valence-corrected chi connectivity index (χ3v) is 2.19. The van der Waals surface area contributed by atoms with Crippen molar-refractivity contribution in [2.75, 3.05) is 20.3 Å². The zero-order valence-corrected chi connectivity index (χ0v) is 11.1. The maximum absolute atomic E-state index is 11.3. The number of halogens is 1. The second-order valence-electron chi connectivity index (χ2n) is 3.14. The summed E-state index contributed by atoms with van der Waals surface area (Å²) in [6.45, 7) is 2.72. The topological polar surface area (TPSA) is 55.4 Å². The predicted octanol–water partition coefficient (Wildman–Crippen LogP) is 1.29. The molecular formula is C10H16INO3. The Bertz CT molecular complexity index is 241. The van der Waals surface area contributed by atoms with E-state index in [0.29, 0.717) is 13.2 Å². The lowest BCUT2D eigenvalue weighted by atomic mass is 10.0. The molecule has 0 saturated carbocycles. The molecule has 0 radical (unpaired) electrons. The molecule has 0 bridgehead atoms. The van der Waals surface area contributed by atoms with Gasteiger partial charge in [-0.2, -0.15) is 0 Å². The molecule has 4 nitrogen and oxygen atoms in total. The van der Waals surface area contributed by atoms with Crippen LogP contribution in [0.1, 0.15) is 13.3 Å². The quantitative estimate of drug-likeness (QED) is 0.436. The van der Waals surface area contributed by atoms with Crippen LogP contribution in [0.3, 0.4) is 0 Å². The molecule has 0 aliphatic carbocycles. The Morgan fingerprint density at radius 1 is 1.53 bits per heavy atom. The molecule has 0 fully saturated rings. The standard InChI is InChI=1S/C10H16INO3/c1-8(9(13)3-4-11)7-10(14)12-5-6-15-2/h3-4,8H,5-7H2,1-2H3,(H,12,14). The van der Waals surface area contributed by atoms with Gasteiger partial charge in [0.2, 0.25) is 5.91 Å². The van der Waals surface area contributed by atoms with Gasteiger partial charge in [-0.15, -0.1) is 0 Å². The lowest BCUT2D eigenvalue weighted by Crippen LogP contribution is -2.29. The number of ketones is 1. The van der Waals surface area contributed by atoms with Crippen molar-refractivity contribution in [1.29, 1.82) is 0 Å². The van der Waals surface area contributed by atoms with Gasteiger partial charge in [0.15, 0.2) is 5.78 Å². The zero-order valence-electron chi connectivity index (χ0n) is 8.96. The van der Waals surface area contributed by atoms with Crippen LogP contribution in [0.5, 0.6) is 0 Å². The normalized spacial score (nSPS) is 12.7. The van der Waals surface area contributed by atoms with E-state index in [0.717, 1.165) is 0 Å². The highest BCUT2D eigenvalue weighted by atomic mass is 127. The summed E-state index contributed by atoms with van der Waals surface area (Å²) < 4.78 is 6.44. The van der Waals surface area contributed by atoms with Gasteiger partial charge < -0.3 is 10.1 Å². The molecule has 0 spiro atoms. The van der Waals surface area contributed by atoms with E-state index in [9.17, 15) is 9.59 Å². The molecule has 1 amide bonds. The van der Waals surface area contributed by atoms with Gasteiger partial charge in [0.25, 0.3) is 0 Å². The van der Waals surface area contributed by atoms with Crippen molar-refractivity contribution in [3.63, 3.8) is 0 Å². The number of allylic oxidation sites excluding steroid dienone is 1. The van der Waals surface area contributed by atoms with Crippen LogP contribution in [-0.2, 0) is 14.3 Å². The number of methoxy groups -OCH3 is 1. The highest BCUT2D eigenvalue weighted by Gasteiger charge is 2.13. The van der Waals surface area contributed by atoms with Crippen LogP contribution < -0.4 is 5.32 Å². The van der Waals surface area contributed by atoms with E-state index in [4.69, 9.17) is 4.74 Å². The molecular weight excluding hydrogens is 309 g/mol. The van der Waals surface area contributed by atoms with Gasteiger partial charge in [-0.25, -0.2) is 0 Å². The van der Waals surface area contributed by atoms with Gasteiger partial charge in [0, 0.05) is 26.0 Å². The SMILES string of the molecule is COCCNC(=O)CC(C)C(=O)C=CI. The average Bonchev–Trinajstić information content (AvgIpc) is 2.18. The highest BCUT2D eigenvalue weighted by Crippen LogP contribution is 2.05. The van der Waals surface area contributed by atoms with Crippen molar-refractivity contribution in [1.82, 2.24) is 5.32 Å². The Balaban J connectivity index is 3.80. The summed E-state index contributed by atoms with van der Waals surface area (Å²) in [5.74, 6) is -0.403. The summed E-state index contributed by atoms with van der Waals surface area (Å²) in [5.41, 5.74) is 0.